The van der Waals surface area contributed by atoms with Gasteiger partial charge in [0.15, 0.2) is 0 Å². The van der Waals surface area contributed by atoms with Crippen LogP contribution in [0.25, 0.3) is 0 Å². The van der Waals surface area contributed by atoms with Crippen molar-refractivity contribution >= 4 is 29.8 Å². The van der Waals surface area contributed by atoms with Crippen LogP contribution in [0.5, 0.6) is 0 Å². The fourth-order valence-corrected chi connectivity index (χ4v) is 8.37. The minimum atomic E-state index is -0.592. The van der Waals surface area contributed by atoms with E-state index in [1.165, 1.54) is 0 Å². The van der Waals surface area contributed by atoms with Crippen LogP contribution in [-0.2, 0) is 61.9 Å². The number of hydrogen-bond acceptors (Lipinski definition) is 14. The Morgan fingerprint density at radius 2 is 0.910 bits per heavy atom. The third-order valence-electron chi connectivity index (χ3n) is 12.9. The molecule has 2 heterocycles. The third kappa shape index (κ3) is 30.4. The molecule has 2 aliphatic heterocycles. The van der Waals surface area contributed by atoms with Crippen LogP contribution < -0.4 is 0 Å². The van der Waals surface area contributed by atoms with E-state index in [-0.39, 0.29) is 100 Å². The predicted octanol–water partition coefficient (Wildman–Crippen LogP) is 10.3. The van der Waals surface area contributed by atoms with Crippen molar-refractivity contribution in [2.24, 2.45) is 17.8 Å². The largest absolute Gasteiger partial charge is 0.465 e. The van der Waals surface area contributed by atoms with Crippen LogP contribution in [0.3, 0.4) is 0 Å². The molecule has 390 valence electrons. The molecule has 0 N–H and O–H groups in total. The van der Waals surface area contributed by atoms with Crippen LogP contribution in [0.1, 0.15) is 201 Å². The maximum absolute atomic E-state index is 13.1. The zero-order valence-corrected chi connectivity index (χ0v) is 42.9. The van der Waals surface area contributed by atoms with E-state index in [2.05, 4.69) is 32.6 Å². The minimum absolute atomic E-state index is 0.00412. The lowest BCUT2D eigenvalue weighted by molar-refractivity contribution is -0.155. The van der Waals surface area contributed by atoms with Crippen molar-refractivity contribution in [3.63, 3.8) is 0 Å². The molecule has 14 nitrogen and oxygen atoms in total. The third-order valence-corrected chi connectivity index (χ3v) is 12.9. The molecule has 2 aliphatic rings. The second-order valence-electron chi connectivity index (χ2n) is 19.2. The summed E-state index contributed by atoms with van der Waals surface area (Å²) in [6, 6.07) is 0. The van der Waals surface area contributed by atoms with Gasteiger partial charge in [0.25, 0.3) is 0 Å². The van der Waals surface area contributed by atoms with Crippen LogP contribution >= 0.6 is 0 Å². The van der Waals surface area contributed by atoms with Gasteiger partial charge in [-0.25, -0.2) is 0 Å². The highest BCUT2D eigenvalue weighted by atomic mass is 16.6. The molecule has 0 aromatic heterocycles. The Morgan fingerprint density at radius 1 is 0.522 bits per heavy atom. The second-order valence-corrected chi connectivity index (χ2v) is 19.2. The summed E-state index contributed by atoms with van der Waals surface area (Å²) in [6.45, 7) is 11.3. The average Bonchev–Trinajstić information content (AvgIpc) is 3.94. The molecule has 0 amide bonds. The van der Waals surface area contributed by atoms with Gasteiger partial charge >= 0.3 is 29.8 Å². The van der Waals surface area contributed by atoms with Crippen molar-refractivity contribution in [2.45, 2.75) is 219 Å². The van der Waals surface area contributed by atoms with E-state index in [1.807, 2.05) is 7.05 Å². The van der Waals surface area contributed by atoms with Gasteiger partial charge in [-0.2, -0.15) is 0 Å². The highest BCUT2D eigenvalue weighted by Gasteiger charge is 2.41. The van der Waals surface area contributed by atoms with Gasteiger partial charge in [0.2, 0.25) is 0 Å². The molecule has 4 atom stereocenters. The average molecular weight is 954 g/mol. The number of carbonyl (C=O) groups excluding carboxylic acids is 5. The topological polar surface area (TPSA) is 162 Å². The van der Waals surface area contributed by atoms with Gasteiger partial charge in [0, 0.05) is 57.3 Å². The number of carbonyl (C=O) groups is 5. The number of hydrogen-bond donors (Lipinski definition) is 0. The smallest absolute Gasteiger partial charge is 0.310 e. The van der Waals surface area contributed by atoms with Crippen LogP contribution in [0.15, 0.2) is 0 Å². The molecular weight excluding hydrogens is 859 g/mol. The summed E-state index contributed by atoms with van der Waals surface area (Å²) in [4.78, 5) is 65.9. The van der Waals surface area contributed by atoms with Crippen molar-refractivity contribution in [2.75, 3.05) is 73.0 Å². The van der Waals surface area contributed by atoms with Crippen LogP contribution in [0, 0.1) is 17.8 Å². The molecule has 0 radical (unpaired) electrons. The van der Waals surface area contributed by atoms with Gasteiger partial charge < -0.3 is 42.8 Å². The van der Waals surface area contributed by atoms with Crippen LogP contribution in [-0.4, -0.2) is 126 Å². The molecule has 0 aromatic rings. The van der Waals surface area contributed by atoms with Gasteiger partial charge in [0.1, 0.15) is 24.9 Å². The maximum Gasteiger partial charge on any atom is 0.310 e. The lowest BCUT2D eigenvalue weighted by atomic mass is 10.1. The van der Waals surface area contributed by atoms with Crippen molar-refractivity contribution in [3.05, 3.63) is 0 Å². The standard InChI is InChI=1S/C53H95NO13/c1-6-10-14-18-22-26-48(55)63-37-43(38-64-49(56)27-23-19-15-11-7-2)31-34-60-46-41-62-47(42-67-53(59)45-30-33-54(5)36-45)52(46)61-35-32-44(39-65-50(57)28-24-20-16-12-8-3)40-66-51(58)29-25-21-17-13-9-4/h43-47,52H,6-42H2,1-5H3/t45?,46-,47+,52+/m0/s1. The first kappa shape index (κ1) is 60.3. The van der Waals surface area contributed by atoms with Crippen molar-refractivity contribution in [1.82, 2.24) is 4.90 Å². The van der Waals surface area contributed by atoms with E-state index in [0.717, 1.165) is 141 Å². The van der Waals surface area contributed by atoms with Crippen molar-refractivity contribution in [1.29, 1.82) is 0 Å². The molecule has 2 rings (SSSR count). The zero-order valence-electron chi connectivity index (χ0n) is 42.9. The Hall–Kier alpha value is -2.81. The van der Waals surface area contributed by atoms with Crippen LogP contribution in [0.2, 0.25) is 0 Å². The molecule has 67 heavy (non-hydrogen) atoms. The summed E-state index contributed by atoms with van der Waals surface area (Å²) < 4.78 is 47.7. The van der Waals surface area contributed by atoms with E-state index in [1.54, 1.807) is 0 Å². The number of unbranched alkanes of at least 4 members (excludes halogenated alkanes) is 16. The van der Waals surface area contributed by atoms with Crippen molar-refractivity contribution < 1.29 is 61.9 Å². The Balaban J connectivity index is 2.09. The summed E-state index contributed by atoms with van der Waals surface area (Å²) in [7, 11) is 1.99. The summed E-state index contributed by atoms with van der Waals surface area (Å²) in [6.07, 6.45) is 21.9. The van der Waals surface area contributed by atoms with Gasteiger partial charge in [-0.05, 0) is 58.5 Å². The first-order valence-electron chi connectivity index (χ1n) is 26.9. The summed E-state index contributed by atoms with van der Waals surface area (Å²) in [5, 5.41) is 0. The molecule has 2 saturated heterocycles. The quantitative estimate of drug-likeness (QED) is 0.0322. The van der Waals surface area contributed by atoms with Gasteiger partial charge in [0.05, 0.1) is 39.0 Å². The van der Waals surface area contributed by atoms with E-state index in [0.29, 0.717) is 45.1 Å². The van der Waals surface area contributed by atoms with E-state index < -0.39 is 18.3 Å². The van der Waals surface area contributed by atoms with E-state index in [4.69, 9.17) is 37.9 Å². The van der Waals surface area contributed by atoms with Crippen LogP contribution in [0.4, 0.5) is 0 Å². The zero-order chi connectivity index (χ0) is 48.7. The lowest BCUT2D eigenvalue weighted by Gasteiger charge is -2.26. The lowest BCUT2D eigenvalue weighted by Crippen LogP contribution is -2.39. The monoisotopic (exact) mass is 954 g/mol. The maximum atomic E-state index is 13.1. The Morgan fingerprint density at radius 3 is 1.28 bits per heavy atom. The second kappa shape index (κ2) is 40.0. The van der Waals surface area contributed by atoms with Crippen molar-refractivity contribution in [3.8, 4) is 0 Å². The van der Waals surface area contributed by atoms with E-state index in [9.17, 15) is 24.0 Å². The van der Waals surface area contributed by atoms with Gasteiger partial charge in [-0.1, -0.05) is 130 Å². The molecule has 0 aromatic carbocycles. The predicted molar refractivity (Wildman–Crippen MR) is 259 cm³/mol. The number of esters is 5. The first-order chi connectivity index (χ1) is 32.6. The fraction of sp³-hybridized carbons (Fsp3) is 0.906. The van der Waals surface area contributed by atoms with E-state index >= 15 is 0 Å². The SMILES string of the molecule is CCCCCCCC(=O)OCC(CCO[C@@H]1[C@@H](OCCC(COC(=O)CCCCCCC)COC(=O)CCCCCCC)CO[C@@H]1COC(=O)C1CCN(C)C1)COC(=O)CCCCCCC. The highest BCUT2D eigenvalue weighted by molar-refractivity contribution is 5.73. The number of ether oxygens (including phenoxy) is 8. The fourth-order valence-electron chi connectivity index (χ4n) is 8.37. The summed E-state index contributed by atoms with van der Waals surface area (Å²) >= 11 is 0. The molecule has 14 heteroatoms. The Kier molecular flexibility index (Phi) is 36.0. The molecule has 0 spiro atoms. The molecule has 0 saturated carbocycles. The summed E-state index contributed by atoms with van der Waals surface area (Å²) in [5.74, 6) is -2.04. The summed E-state index contributed by atoms with van der Waals surface area (Å²) in [5.41, 5.74) is 0. The number of rotatable bonds is 43. The van der Waals surface area contributed by atoms with Gasteiger partial charge in [-0.3, -0.25) is 24.0 Å². The Bertz CT molecular complexity index is 1240. The van der Waals surface area contributed by atoms with Gasteiger partial charge in [-0.15, -0.1) is 0 Å². The number of nitrogens with zero attached hydrogens (tertiary/aromatic N) is 1. The first-order valence-corrected chi connectivity index (χ1v) is 26.9. The number of likely N-dealkylation sites (tertiary alicyclic amines) is 1. The molecule has 1 unspecified atom stereocenters. The normalized spacial score (nSPS) is 18.4. The minimum Gasteiger partial charge on any atom is -0.465 e. The highest BCUT2D eigenvalue weighted by Crippen LogP contribution is 2.25. The Labute approximate surface area is 405 Å². The molecular formula is C53H95NO13. The molecule has 0 bridgehead atoms. The molecule has 2 fully saturated rings. The molecule has 0 aliphatic carbocycles.